The zero-order valence-electron chi connectivity index (χ0n) is 10.1. The van der Waals surface area contributed by atoms with E-state index in [0.717, 1.165) is 0 Å². The number of carbonyl (C=O) groups excluding carboxylic acids is 1. The molecule has 96 valence electrons. The van der Waals surface area contributed by atoms with Crippen molar-refractivity contribution in [2.75, 3.05) is 26.9 Å². The Balaban J connectivity index is 4.57. The molecule has 0 fully saturated rings. The topological polar surface area (TPSA) is 71.1 Å². The molecule has 0 amide bonds. The predicted octanol–water partition coefficient (Wildman–Crippen LogP) is 1.79. The molecule has 0 radical (unpaired) electrons. The number of hydrogen-bond acceptors (Lipinski definition) is 6. The van der Waals surface area contributed by atoms with Crippen molar-refractivity contribution in [1.82, 2.24) is 0 Å². The molecule has 7 heteroatoms. The van der Waals surface area contributed by atoms with E-state index in [0.29, 0.717) is 0 Å². The summed E-state index contributed by atoms with van der Waals surface area (Å²) in [5, 5.41) is 0. The molecular formula is C9H19O6P. The summed E-state index contributed by atoms with van der Waals surface area (Å²) < 4.78 is 32.1. The molecule has 0 aliphatic carbocycles. The van der Waals surface area contributed by atoms with E-state index in [9.17, 15) is 9.36 Å². The van der Waals surface area contributed by atoms with Crippen molar-refractivity contribution < 1.29 is 27.9 Å². The van der Waals surface area contributed by atoms with Gasteiger partial charge in [0.2, 0.25) is 0 Å². The van der Waals surface area contributed by atoms with Crippen molar-refractivity contribution in [3.05, 3.63) is 0 Å². The predicted molar refractivity (Wildman–Crippen MR) is 58.3 cm³/mol. The van der Waals surface area contributed by atoms with Crippen LogP contribution in [0, 0.1) is 0 Å². The summed E-state index contributed by atoms with van der Waals surface area (Å²) in [6.07, 6.45) is 0. The van der Waals surface area contributed by atoms with Gasteiger partial charge in [-0.25, -0.2) is 0 Å². The van der Waals surface area contributed by atoms with Gasteiger partial charge in [-0.3, -0.25) is 9.36 Å². The average molecular weight is 254 g/mol. The standard InChI is InChI=1S/C9H19O6P/c1-5-14-16(11,15-6-2)9(12-4)7-13-8(3)10/h9H,5-7H2,1-4H3. The van der Waals surface area contributed by atoms with Crippen molar-refractivity contribution in [2.24, 2.45) is 0 Å². The maximum Gasteiger partial charge on any atom is 0.362 e. The Bertz CT molecular complexity index is 244. The Labute approximate surface area is 95.7 Å². The third-order valence-electron chi connectivity index (χ3n) is 1.67. The minimum absolute atomic E-state index is 0.150. The first kappa shape index (κ1) is 15.6. The summed E-state index contributed by atoms with van der Waals surface area (Å²) in [6.45, 7) is 4.98. The number of carbonyl (C=O) groups is 1. The molecule has 0 saturated heterocycles. The van der Waals surface area contributed by atoms with Gasteiger partial charge in [-0.1, -0.05) is 0 Å². The largest absolute Gasteiger partial charge is 0.462 e. The van der Waals surface area contributed by atoms with Crippen LogP contribution in [0.2, 0.25) is 0 Å². The zero-order chi connectivity index (χ0) is 12.6. The minimum atomic E-state index is -3.39. The van der Waals surface area contributed by atoms with Crippen LogP contribution in [0.15, 0.2) is 0 Å². The molecule has 0 aliphatic rings. The van der Waals surface area contributed by atoms with Crippen LogP contribution in [-0.4, -0.2) is 38.7 Å². The smallest absolute Gasteiger partial charge is 0.362 e. The Morgan fingerprint density at radius 1 is 1.25 bits per heavy atom. The highest BCUT2D eigenvalue weighted by Gasteiger charge is 2.36. The molecule has 0 aromatic rings. The third-order valence-corrected chi connectivity index (χ3v) is 3.97. The van der Waals surface area contributed by atoms with E-state index in [1.54, 1.807) is 13.8 Å². The highest BCUT2D eigenvalue weighted by molar-refractivity contribution is 7.54. The molecule has 1 atom stereocenters. The van der Waals surface area contributed by atoms with Gasteiger partial charge < -0.3 is 18.5 Å². The van der Waals surface area contributed by atoms with Gasteiger partial charge in [0.1, 0.15) is 6.61 Å². The van der Waals surface area contributed by atoms with E-state index in [2.05, 4.69) is 0 Å². The second kappa shape index (κ2) is 7.79. The number of esters is 1. The number of ether oxygens (including phenoxy) is 2. The number of hydrogen-bond donors (Lipinski definition) is 0. The first-order chi connectivity index (χ1) is 7.50. The molecular weight excluding hydrogens is 235 g/mol. The quantitative estimate of drug-likeness (QED) is 0.485. The molecule has 0 aromatic heterocycles. The molecule has 0 saturated carbocycles. The van der Waals surface area contributed by atoms with E-state index < -0.39 is 19.4 Å². The maximum absolute atomic E-state index is 12.2. The molecule has 6 nitrogen and oxygen atoms in total. The van der Waals surface area contributed by atoms with Crippen LogP contribution in [0.25, 0.3) is 0 Å². The van der Waals surface area contributed by atoms with Gasteiger partial charge in [-0.2, -0.15) is 0 Å². The second-order valence-electron chi connectivity index (χ2n) is 2.87. The van der Waals surface area contributed by atoms with Gasteiger partial charge in [-0.15, -0.1) is 0 Å². The molecule has 0 spiro atoms. The SMILES string of the molecule is CCOP(=O)(OCC)C(COC(C)=O)OC. The molecule has 0 N–H and O–H groups in total. The van der Waals surface area contributed by atoms with Crippen molar-refractivity contribution >= 4 is 13.6 Å². The summed E-state index contributed by atoms with van der Waals surface area (Å²) in [5.41, 5.74) is 0. The number of methoxy groups -OCH3 is 1. The summed E-state index contributed by atoms with van der Waals surface area (Å²) in [4.78, 5) is 10.7. The molecule has 1 unspecified atom stereocenters. The average Bonchev–Trinajstić information content (AvgIpc) is 2.18. The van der Waals surface area contributed by atoms with Crippen LogP contribution >= 0.6 is 7.60 Å². The van der Waals surface area contributed by atoms with Crippen LogP contribution in [0.5, 0.6) is 0 Å². The van der Waals surface area contributed by atoms with E-state index in [-0.39, 0.29) is 19.8 Å². The fourth-order valence-corrected chi connectivity index (χ4v) is 2.68. The Morgan fingerprint density at radius 2 is 1.75 bits per heavy atom. The first-order valence-electron chi connectivity index (χ1n) is 5.05. The van der Waals surface area contributed by atoms with Crippen LogP contribution < -0.4 is 0 Å². The lowest BCUT2D eigenvalue weighted by Gasteiger charge is -2.24. The third kappa shape index (κ3) is 5.07. The minimum Gasteiger partial charge on any atom is -0.462 e. The van der Waals surface area contributed by atoms with Crippen molar-refractivity contribution in [2.45, 2.75) is 26.6 Å². The van der Waals surface area contributed by atoms with E-state index in [1.807, 2.05) is 0 Å². The van der Waals surface area contributed by atoms with Gasteiger partial charge >= 0.3 is 13.6 Å². The van der Waals surface area contributed by atoms with Gasteiger partial charge in [0.25, 0.3) is 0 Å². The second-order valence-corrected chi connectivity index (χ2v) is 5.04. The molecule has 0 rings (SSSR count). The van der Waals surface area contributed by atoms with E-state index in [4.69, 9.17) is 18.5 Å². The summed E-state index contributed by atoms with van der Waals surface area (Å²) in [5.74, 6) is -1.36. The zero-order valence-corrected chi connectivity index (χ0v) is 11.0. The number of rotatable bonds is 8. The summed E-state index contributed by atoms with van der Waals surface area (Å²) in [7, 11) is -2.03. The molecule has 0 heterocycles. The van der Waals surface area contributed by atoms with E-state index >= 15 is 0 Å². The van der Waals surface area contributed by atoms with Crippen molar-refractivity contribution in [1.29, 1.82) is 0 Å². The highest BCUT2D eigenvalue weighted by Crippen LogP contribution is 2.53. The van der Waals surface area contributed by atoms with Gasteiger partial charge in [0.05, 0.1) is 13.2 Å². The lowest BCUT2D eigenvalue weighted by Crippen LogP contribution is -2.22. The van der Waals surface area contributed by atoms with Crippen LogP contribution in [0.3, 0.4) is 0 Å². The summed E-state index contributed by atoms with van der Waals surface area (Å²) >= 11 is 0. The van der Waals surface area contributed by atoms with Crippen molar-refractivity contribution in [3.63, 3.8) is 0 Å². The molecule has 16 heavy (non-hydrogen) atoms. The monoisotopic (exact) mass is 254 g/mol. The van der Waals surface area contributed by atoms with E-state index in [1.165, 1.54) is 14.0 Å². The van der Waals surface area contributed by atoms with Gasteiger partial charge in [0.15, 0.2) is 5.85 Å². The van der Waals surface area contributed by atoms with Gasteiger partial charge in [-0.05, 0) is 13.8 Å². The Morgan fingerprint density at radius 3 is 2.06 bits per heavy atom. The molecule has 0 aliphatic heterocycles. The lowest BCUT2D eigenvalue weighted by atomic mass is 10.7. The molecule has 0 bridgehead atoms. The van der Waals surface area contributed by atoms with Crippen LogP contribution in [0.4, 0.5) is 0 Å². The maximum atomic E-state index is 12.2. The Kier molecular flexibility index (Phi) is 7.58. The lowest BCUT2D eigenvalue weighted by molar-refractivity contribution is -0.143. The normalized spacial score (nSPS) is 13.5. The van der Waals surface area contributed by atoms with Crippen molar-refractivity contribution in [3.8, 4) is 0 Å². The Hall–Kier alpha value is -0.420. The highest BCUT2D eigenvalue weighted by atomic mass is 31.2. The van der Waals surface area contributed by atoms with Crippen LogP contribution in [0.1, 0.15) is 20.8 Å². The summed E-state index contributed by atoms with van der Waals surface area (Å²) in [6, 6.07) is 0. The molecule has 0 aromatic carbocycles. The van der Waals surface area contributed by atoms with Gasteiger partial charge in [0, 0.05) is 14.0 Å². The van der Waals surface area contributed by atoms with Crippen LogP contribution in [-0.2, 0) is 27.9 Å². The fraction of sp³-hybridized carbons (Fsp3) is 0.889. The first-order valence-corrected chi connectivity index (χ1v) is 6.66. The fourth-order valence-electron chi connectivity index (χ4n) is 1.04.